The summed E-state index contributed by atoms with van der Waals surface area (Å²) in [4.78, 5) is 0. The Morgan fingerprint density at radius 2 is 2.00 bits per heavy atom. The topological polar surface area (TPSA) is 9.23 Å². The van der Waals surface area contributed by atoms with E-state index in [1.165, 1.54) is 30.0 Å². The second-order valence-corrected chi connectivity index (χ2v) is 15.3. The summed E-state index contributed by atoms with van der Waals surface area (Å²) in [6.45, 7) is 18.5. The fraction of sp³-hybridized carbons (Fsp3) is 0.538. The lowest BCUT2D eigenvalue weighted by atomic mass is 9.87. The minimum Gasteiger partial charge on any atom is -0.488 e. The van der Waals surface area contributed by atoms with Crippen molar-refractivity contribution in [2.75, 3.05) is 6.61 Å². The number of halogens is 1. The zero-order chi connectivity index (χ0) is 21.4. The Hall–Kier alpha value is -1.25. The molecule has 1 aromatic rings. The first kappa shape index (κ1) is 22.4. The Balaban J connectivity index is 2.17. The van der Waals surface area contributed by atoms with Crippen LogP contribution in [-0.4, -0.2) is 14.7 Å². The number of rotatable bonds is 6. The molecule has 2 aliphatic rings. The number of hydrogen-bond acceptors (Lipinski definition) is 1. The van der Waals surface area contributed by atoms with Crippen LogP contribution in [0.15, 0.2) is 48.6 Å². The van der Waals surface area contributed by atoms with Gasteiger partial charge in [-0.15, -0.1) is 0 Å². The summed E-state index contributed by atoms with van der Waals surface area (Å²) in [5.41, 5.74) is 3.67. The first-order valence-corrected chi connectivity index (χ1v) is 14.5. The van der Waals surface area contributed by atoms with Gasteiger partial charge in [-0.2, -0.15) is 0 Å². The van der Waals surface area contributed by atoms with Crippen LogP contribution in [0.2, 0.25) is 23.7 Å². The van der Waals surface area contributed by atoms with Crippen LogP contribution in [0.25, 0.3) is 0 Å². The van der Waals surface area contributed by atoms with E-state index in [2.05, 4.69) is 77.7 Å². The van der Waals surface area contributed by atoms with Crippen molar-refractivity contribution in [1.29, 1.82) is 0 Å². The maximum atomic E-state index is 6.83. The third-order valence-corrected chi connectivity index (χ3v) is 11.4. The van der Waals surface area contributed by atoms with E-state index in [0.717, 1.165) is 22.6 Å². The van der Waals surface area contributed by atoms with Crippen LogP contribution in [0.5, 0.6) is 5.75 Å². The zero-order valence-electron chi connectivity index (χ0n) is 19.0. The molecule has 1 nitrogen and oxygen atoms in total. The minimum atomic E-state index is -1.92. The minimum absolute atomic E-state index is 0.0506. The Labute approximate surface area is 183 Å². The zero-order valence-corrected chi connectivity index (χ0v) is 20.8. The summed E-state index contributed by atoms with van der Waals surface area (Å²) in [6.07, 6.45) is 12.6. The number of benzene rings is 1. The van der Waals surface area contributed by atoms with Gasteiger partial charge in [0.15, 0.2) is 0 Å². The van der Waals surface area contributed by atoms with Gasteiger partial charge in [0.05, 0.1) is 13.1 Å². The quantitative estimate of drug-likeness (QED) is 0.338. The van der Waals surface area contributed by atoms with E-state index in [1.54, 1.807) is 11.6 Å². The van der Waals surface area contributed by atoms with E-state index in [9.17, 15) is 0 Å². The average Bonchev–Trinajstić information content (AvgIpc) is 3.05. The third-order valence-electron chi connectivity index (χ3n) is 6.99. The van der Waals surface area contributed by atoms with Crippen LogP contribution in [0.1, 0.15) is 52.5 Å². The lowest BCUT2D eigenvalue weighted by molar-refractivity contribution is 0.365. The fourth-order valence-electron chi connectivity index (χ4n) is 5.43. The molecule has 2 aliphatic carbocycles. The van der Waals surface area contributed by atoms with Gasteiger partial charge in [0, 0.05) is 0 Å². The molecule has 3 heteroatoms. The van der Waals surface area contributed by atoms with E-state index < -0.39 is 8.07 Å². The molecule has 0 heterocycles. The highest BCUT2D eigenvalue weighted by Gasteiger charge is 2.48. The van der Waals surface area contributed by atoms with Crippen LogP contribution >= 0.6 is 11.6 Å². The molecule has 0 radical (unpaired) electrons. The van der Waals surface area contributed by atoms with E-state index in [1.807, 2.05) is 0 Å². The maximum Gasteiger partial charge on any atom is 0.137 e. The molecule has 0 N–H and O–H groups in total. The van der Waals surface area contributed by atoms with Crippen LogP contribution in [-0.2, 0) is 5.41 Å². The average molecular weight is 429 g/mol. The predicted octanol–water partition coefficient (Wildman–Crippen LogP) is 7.42. The molecule has 1 fully saturated rings. The van der Waals surface area contributed by atoms with Gasteiger partial charge in [-0.3, -0.25) is 0 Å². The molecule has 0 amide bonds. The van der Waals surface area contributed by atoms with E-state index >= 15 is 0 Å². The fourth-order valence-corrected chi connectivity index (χ4v) is 10.2. The maximum absolute atomic E-state index is 6.83. The highest BCUT2D eigenvalue weighted by molar-refractivity contribution is 6.92. The molecule has 0 bridgehead atoms. The number of hydrogen-bond donors (Lipinski definition) is 0. The van der Waals surface area contributed by atoms with Crippen LogP contribution in [0.3, 0.4) is 0 Å². The summed E-state index contributed by atoms with van der Waals surface area (Å²) in [5, 5.41) is 2.12. The van der Waals surface area contributed by atoms with Gasteiger partial charge in [-0.1, -0.05) is 101 Å². The first-order valence-electron chi connectivity index (χ1n) is 11.1. The third kappa shape index (κ3) is 4.30. The summed E-state index contributed by atoms with van der Waals surface area (Å²) in [5.74, 6) is 2.36. The standard InChI is InChI=1S/C26H37ClOSi/c1-8-14-28-24-22(27)16-20(26(3,4)5)17-23(24)29(6,7)25-18(9-2)15-19-12-10-11-13-21(19)25/h8,10-11,13,16-19,25H,1,9,12,14-15H2,2-7H3. The normalized spacial score (nSPS) is 24.2. The molecule has 0 saturated heterocycles. The second kappa shape index (κ2) is 8.47. The van der Waals surface area contributed by atoms with Crippen molar-refractivity contribution < 1.29 is 4.74 Å². The van der Waals surface area contributed by atoms with Crippen molar-refractivity contribution >= 4 is 24.9 Å². The van der Waals surface area contributed by atoms with Crippen LogP contribution in [0.4, 0.5) is 0 Å². The molecule has 29 heavy (non-hydrogen) atoms. The van der Waals surface area contributed by atoms with Crippen molar-refractivity contribution in [3.05, 3.63) is 59.2 Å². The number of allylic oxidation sites excluding steroid dienone is 4. The Kier molecular flexibility index (Phi) is 6.55. The van der Waals surface area contributed by atoms with Crippen LogP contribution < -0.4 is 9.92 Å². The SMILES string of the molecule is C=CCOc1c(Cl)cc(C(C)(C)C)cc1[Si](C)(C)C1C2=CC=CCC2CC1CC. The molecule has 0 spiro atoms. The van der Waals surface area contributed by atoms with E-state index in [-0.39, 0.29) is 5.41 Å². The molecule has 1 aromatic carbocycles. The second-order valence-electron chi connectivity index (χ2n) is 10.3. The van der Waals surface area contributed by atoms with Gasteiger partial charge in [0.2, 0.25) is 0 Å². The van der Waals surface area contributed by atoms with Crippen molar-refractivity contribution in [3.63, 3.8) is 0 Å². The van der Waals surface area contributed by atoms with Gasteiger partial charge in [0.1, 0.15) is 12.4 Å². The largest absolute Gasteiger partial charge is 0.488 e. The molecule has 0 aliphatic heterocycles. The van der Waals surface area contributed by atoms with Crippen molar-refractivity contribution in [1.82, 2.24) is 0 Å². The summed E-state index contributed by atoms with van der Waals surface area (Å²) >= 11 is 6.83. The van der Waals surface area contributed by atoms with E-state index in [0.29, 0.717) is 12.1 Å². The van der Waals surface area contributed by atoms with Crippen molar-refractivity contribution in [3.8, 4) is 5.75 Å². The number of fused-ring (bicyclic) bond motifs is 1. The molecule has 3 atom stereocenters. The van der Waals surface area contributed by atoms with Crippen molar-refractivity contribution in [2.24, 2.45) is 11.8 Å². The van der Waals surface area contributed by atoms with Crippen LogP contribution in [0, 0.1) is 11.8 Å². The lowest BCUT2D eigenvalue weighted by Crippen LogP contribution is -2.49. The number of ether oxygens (including phenoxy) is 1. The Bertz CT molecular complexity index is 828. The first-order chi connectivity index (χ1) is 13.6. The summed E-state index contributed by atoms with van der Waals surface area (Å²) < 4.78 is 6.19. The van der Waals surface area contributed by atoms with Gasteiger partial charge in [-0.05, 0) is 52.5 Å². The molecule has 3 unspecified atom stereocenters. The van der Waals surface area contributed by atoms with Crippen molar-refractivity contribution in [2.45, 2.75) is 71.0 Å². The molecular formula is C26H37ClOSi. The highest BCUT2D eigenvalue weighted by atomic mass is 35.5. The monoisotopic (exact) mass is 428 g/mol. The summed E-state index contributed by atoms with van der Waals surface area (Å²) in [6, 6.07) is 4.52. The summed E-state index contributed by atoms with van der Waals surface area (Å²) in [7, 11) is -1.92. The van der Waals surface area contributed by atoms with Gasteiger partial charge >= 0.3 is 0 Å². The predicted molar refractivity (Wildman–Crippen MR) is 130 cm³/mol. The molecule has 3 rings (SSSR count). The smallest absolute Gasteiger partial charge is 0.137 e. The van der Waals surface area contributed by atoms with Gasteiger partial charge in [0.25, 0.3) is 0 Å². The molecule has 158 valence electrons. The lowest BCUT2D eigenvalue weighted by Gasteiger charge is -2.38. The molecule has 1 saturated carbocycles. The Morgan fingerprint density at radius 1 is 1.28 bits per heavy atom. The Morgan fingerprint density at radius 3 is 2.62 bits per heavy atom. The van der Waals surface area contributed by atoms with Gasteiger partial charge in [-0.25, -0.2) is 0 Å². The van der Waals surface area contributed by atoms with Gasteiger partial charge < -0.3 is 4.74 Å². The van der Waals surface area contributed by atoms with E-state index in [4.69, 9.17) is 16.3 Å². The highest BCUT2D eigenvalue weighted by Crippen LogP contribution is 2.54. The molecular weight excluding hydrogens is 392 g/mol. The molecule has 0 aromatic heterocycles.